The molecule has 110 valence electrons. The van der Waals surface area contributed by atoms with E-state index in [0.29, 0.717) is 22.8 Å². The Morgan fingerprint density at radius 3 is 2.57 bits per heavy atom. The molecule has 0 saturated heterocycles. The number of methoxy groups -OCH3 is 1. The quantitative estimate of drug-likeness (QED) is 0.433. The Labute approximate surface area is 129 Å². The molecule has 0 fully saturated rings. The van der Waals surface area contributed by atoms with Crippen molar-refractivity contribution in [3.63, 3.8) is 0 Å². The maximum absolute atomic E-state index is 10.9. The molecule has 0 aliphatic rings. The highest BCUT2D eigenvalue weighted by Crippen LogP contribution is 2.33. The first-order valence-corrected chi connectivity index (χ1v) is 6.69. The largest absolute Gasteiger partial charge is 0.495 e. The summed E-state index contributed by atoms with van der Waals surface area (Å²) in [5, 5.41) is 14.0. The maximum Gasteiger partial charge on any atom is 0.273 e. The summed E-state index contributed by atoms with van der Waals surface area (Å²) in [5.74, 6) is 5.95. The molecule has 2 rings (SSSR count). The number of nitro groups is 1. The molecule has 2 aromatic rings. The second-order valence-electron chi connectivity index (χ2n) is 4.14. The fourth-order valence-electron chi connectivity index (χ4n) is 1.81. The molecule has 0 aliphatic heterocycles. The number of nitrogens with two attached hydrogens (primary N) is 1. The highest BCUT2D eigenvalue weighted by Gasteiger charge is 2.11. The van der Waals surface area contributed by atoms with Gasteiger partial charge in [0, 0.05) is 22.3 Å². The van der Waals surface area contributed by atoms with E-state index in [2.05, 4.69) is 26.7 Å². The van der Waals surface area contributed by atoms with Crippen LogP contribution in [-0.2, 0) is 0 Å². The fraction of sp³-hybridized carbons (Fsp3) is 0.0769. The molecular weight excluding hydrogens is 340 g/mol. The zero-order valence-electron chi connectivity index (χ0n) is 11.1. The van der Waals surface area contributed by atoms with Gasteiger partial charge in [-0.25, -0.2) is 0 Å². The van der Waals surface area contributed by atoms with Gasteiger partial charge in [0.15, 0.2) is 0 Å². The van der Waals surface area contributed by atoms with Crippen LogP contribution in [0.25, 0.3) is 0 Å². The maximum atomic E-state index is 10.9. The lowest BCUT2D eigenvalue weighted by molar-refractivity contribution is -0.384. The van der Waals surface area contributed by atoms with E-state index in [1.54, 1.807) is 19.2 Å². The zero-order valence-corrected chi connectivity index (χ0v) is 12.7. The first-order chi connectivity index (χ1) is 10.0. The van der Waals surface area contributed by atoms with Crippen molar-refractivity contribution in [3.05, 3.63) is 51.0 Å². The Kier molecular flexibility index (Phi) is 4.61. The van der Waals surface area contributed by atoms with Gasteiger partial charge >= 0.3 is 0 Å². The van der Waals surface area contributed by atoms with Crippen molar-refractivity contribution in [2.45, 2.75) is 0 Å². The molecule has 7 nitrogen and oxygen atoms in total. The van der Waals surface area contributed by atoms with E-state index in [1.807, 2.05) is 12.1 Å². The van der Waals surface area contributed by atoms with Crippen molar-refractivity contribution in [2.75, 3.05) is 17.9 Å². The molecule has 0 unspecified atom stereocenters. The molecule has 0 atom stereocenters. The molecule has 0 heterocycles. The Morgan fingerprint density at radius 1 is 1.24 bits per heavy atom. The topological polar surface area (TPSA) is 102 Å². The third-order valence-corrected chi connectivity index (χ3v) is 3.23. The number of hydrazine groups is 1. The van der Waals surface area contributed by atoms with Crippen LogP contribution < -0.4 is 21.3 Å². The van der Waals surface area contributed by atoms with E-state index >= 15 is 0 Å². The first-order valence-electron chi connectivity index (χ1n) is 5.90. The Bertz CT molecular complexity index is 678. The van der Waals surface area contributed by atoms with Crippen molar-refractivity contribution >= 4 is 38.7 Å². The predicted molar refractivity (Wildman–Crippen MR) is 84.9 cm³/mol. The molecule has 0 radical (unpaired) electrons. The lowest BCUT2D eigenvalue weighted by Gasteiger charge is -2.12. The van der Waals surface area contributed by atoms with Crippen LogP contribution in [-0.4, -0.2) is 12.0 Å². The van der Waals surface area contributed by atoms with Gasteiger partial charge in [-0.1, -0.05) is 15.9 Å². The second kappa shape index (κ2) is 6.42. The number of benzene rings is 2. The number of non-ortho nitro benzene ring substituents is 1. The van der Waals surface area contributed by atoms with E-state index in [0.717, 1.165) is 4.47 Å². The van der Waals surface area contributed by atoms with Gasteiger partial charge in [-0.15, -0.1) is 0 Å². The minimum atomic E-state index is -0.482. The Morgan fingerprint density at radius 2 is 1.95 bits per heavy atom. The number of nitrogen functional groups attached to an aromatic ring is 1. The standard InChI is InChI=1S/C13H13BrN4O3/c1-21-13-3-2-8(14)4-12(13)16-9-5-10(17-15)7-11(6-9)18(19)20/h2-7,16-17H,15H2,1H3. The SMILES string of the molecule is COc1ccc(Br)cc1Nc1cc(NN)cc([N+](=O)[O-])c1. The van der Waals surface area contributed by atoms with Gasteiger partial charge in [-0.05, 0) is 24.3 Å². The van der Waals surface area contributed by atoms with Crippen molar-refractivity contribution in [2.24, 2.45) is 5.84 Å². The van der Waals surface area contributed by atoms with E-state index in [-0.39, 0.29) is 5.69 Å². The van der Waals surface area contributed by atoms with Crippen LogP contribution in [0.4, 0.5) is 22.7 Å². The average Bonchev–Trinajstić information content (AvgIpc) is 2.47. The molecule has 0 amide bonds. The van der Waals surface area contributed by atoms with E-state index in [1.165, 1.54) is 12.1 Å². The molecule has 21 heavy (non-hydrogen) atoms. The number of rotatable bonds is 5. The van der Waals surface area contributed by atoms with Crippen molar-refractivity contribution in [1.29, 1.82) is 0 Å². The number of hydrogen-bond acceptors (Lipinski definition) is 6. The van der Waals surface area contributed by atoms with Crippen LogP contribution in [0.15, 0.2) is 40.9 Å². The molecule has 8 heteroatoms. The highest BCUT2D eigenvalue weighted by atomic mass is 79.9. The number of halogens is 1. The van der Waals surface area contributed by atoms with Gasteiger partial charge in [0.2, 0.25) is 0 Å². The highest BCUT2D eigenvalue weighted by molar-refractivity contribution is 9.10. The first kappa shape index (κ1) is 15.1. The van der Waals surface area contributed by atoms with E-state index < -0.39 is 4.92 Å². The summed E-state index contributed by atoms with van der Waals surface area (Å²) < 4.78 is 6.10. The van der Waals surface area contributed by atoms with Crippen LogP contribution in [0.5, 0.6) is 5.75 Å². The number of nitro benzene ring substituents is 1. The molecule has 4 N–H and O–H groups in total. The molecule has 0 saturated carbocycles. The third kappa shape index (κ3) is 3.61. The summed E-state index contributed by atoms with van der Waals surface area (Å²) in [6.07, 6.45) is 0. The molecule has 2 aromatic carbocycles. The summed E-state index contributed by atoms with van der Waals surface area (Å²) in [4.78, 5) is 10.4. The van der Waals surface area contributed by atoms with Gasteiger partial charge in [0.1, 0.15) is 5.75 Å². The van der Waals surface area contributed by atoms with Crippen LogP contribution >= 0.6 is 15.9 Å². The molecule has 0 spiro atoms. The fourth-order valence-corrected chi connectivity index (χ4v) is 2.17. The molecular formula is C13H13BrN4O3. The smallest absolute Gasteiger partial charge is 0.273 e. The Hall–Kier alpha value is -2.32. The van der Waals surface area contributed by atoms with Crippen LogP contribution in [0, 0.1) is 10.1 Å². The Balaban J connectivity index is 2.41. The number of anilines is 3. The number of nitrogens with one attached hydrogen (secondary N) is 2. The lowest BCUT2D eigenvalue weighted by Crippen LogP contribution is -2.07. The normalized spacial score (nSPS) is 10.0. The number of nitrogens with zero attached hydrogens (tertiary/aromatic N) is 1. The molecule has 0 bridgehead atoms. The van der Waals surface area contributed by atoms with E-state index in [9.17, 15) is 10.1 Å². The summed E-state index contributed by atoms with van der Waals surface area (Å²) in [7, 11) is 1.55. The minimum Gasteiger partial charge on any atom is -0.495 e. The van der Waals surface area contributed by atoms with Crippen LogP contribution in [0.1, 0.15) is 0 Å². The van der Waals surface area contributed by atoms with Gasteiger partial charge < -0.3 is 15.5 Å². The monoisotopic (exact) mass is 352 g/mol. The van der Waals surface area contributed by atoms with E-state index in [4.69, 9.17) is 10.6 Å². The van der Waals surface area contributed by atoms with Crippen molar-refractivity contribution in [3.8, 4) is 5.75 Å². The minimum absolute atomic E-state index is 0.0677. The number of hydrogen-bond donors (Lipinski definition) is 3. The average molecular weight is 353 g/mol. The predicted octanol–water partition coefficient (Wildman–Crippen LogP) is 3.40. The van der Waals surface area contributed by atoms with Crippen molar-refractivity contribution < 1.29 is 9.66 Å². The molecule has 0 aliphatic carbocycles. The summed E-state index contributed by atoms with van der Waals surface area (Å²) in [6.45, 7) is 0. The lowest BCUT2D eigenvalue weighted by atomic mass is 10.2. The zero-order chi connectivity index (χ0) is 15.4. The summed E-state index contributed by atoms with van der Waals surface area (Å²) in [6, 6.07) is 9.86. The third-order valence-electron chi connectivity index (χ3n) is 2.74. The summed E-state index contributed by atoms with van der Waals surface area (Å²) in [5.41, 5.74) is 3.96. The van der Waals surface area contributed by atoms with Crippen LogP contribution in [0.2, 0.25) is 0 Å². The van der Waals surface area contributed by atoms with Gasteiger partial charge in [0.25, 0.3) is 5.69 Å². The van der Waals surface area contributed by atoms with Gasteiger partial charge in [-0.3, -0.25) is 16.0 Å². The summed E-state index contributed by atoms with van der Waals surface area (Å²) >= 11 is 3.37. The van der Waals surface area contributed by atoms with Crippen LogP contribution in [0.3, 0.4) is 0 Å². The second-order valence-corrected chi connectivity index (χ2v) is 5.06. The van der Waals surface area contributed by atoms with Gasteiger partial charge in [0.05, 0.1) is 23.4 Å². The molecule has 0 aromatic heterocycles. The van der Waals surface area contributed by atoms with Crippen molar-refractivity contribution in [1.82, 2.24) is 0 Å². The van der Waals surface area contributed by atoms with Gasteiger partial charge in [-0.2, -0.15) is 0 Å². The number of ether oxygens (including phenoxy) is 1.